The van der Waals surface area contributed by atoms with E-state index in [-0.39, 0.29) is 23.0 Å². The number of morpholine rings is 1. The van der Waals surface area contributed by atoms with Crippen molar-refractivity contribution in [3.8, 4) is 0 Å². The Hall–Kier alpha value is -2.33. The van der Waals surface area contributed by atoms with Gasteiger partial charge < -0.3 is 4.74 Å². The van der Waals surface area contributed by atoms with Crippen molar-refractivity contribution in [2.45, 2.75) is 44.3 Å². The van der Waals surface area contributed by atoms with Crippen LogP contribution < -0.4 is 5.32 Å². The summed E-state index contributed by atoms with van der Waals surface area (Å²) in [5.74, 6) is -0.324. The van der Waals surface area contributed by atoms with Gasteiger partial charge in [-0.05, 0) is 56.2 Å². The Kier molecular flexibility index (Phi) is 6.11. The van der Waals surface area contributed by atoms with Crippen molar-refractivity contribution in [3.63, 3.8) is 0 Å². The number of carbonyl (C=O) groups excluding carboxylic acids is 1. The third kappa shape index (κ3) is 4.50. The summed E-state index contributed by atoms with van der Waals surface area (Å²) in [7, 11) is -3.64. The van der Waals surface area contributed by atoms with Crippen LogP contribution >= 0.6 is 11.3 Å². The quantitative estimate of drug-likeness (QED) is 0.625. The van der Waals surface area contributed by atoms with Gasteiger partial charge in [0.2, 0.25) is 10.0 Å². The van der Waals surface area contributed by atoms with Crippen LogP contribution in [0.25, 0.3) is 10.2 Å². The molecule has 9 heteroatoms. The number of nitrogens with zero attached hydrogens (tertiary/aromatic N) is 2. The van der Waals surface area contributed by atoms with Crippen LogP contribution in [-0.2, 0) is 21.2 Å². The summed E-state index contributed by atoms with van der Waals surface area (Å²) in [6, 6.07) is 12.0. The minimum Gasteiger partial charge on any atom is -0.373 e. The van der Waals surface area contributed by atoms with Gasteiger partial charge >= 0.3 is 0 Å². The number of rotatable bonds is 5. The lowest BCUT2D eigenvalue weighted by Gasteiger charge is -2.34. The highest BCUT2D eigenvalue weighted by molar-refractivity contribution is 7.89. The van der Waals surface area contributed by atoms with Crippen LogP contribution in [0.2, 0.25) is 0 Å². The number of thiazole rings is 1. The van der Waals surface area contributed by atoms with Gasteiger partial charge in [-0.3, -0.25) is 10.1 Å². The molecule has 2 heterocycles. The number of anilines is 1. The zero-order valence-corrected chi connectivity index (χ0v) is 19.3. The van der Waals surface area contributed by atoms with E-state index >= 15 is 0 Å². The summed E-state index contributed by atoms with van der Waals surface area (Å²) in [6.07, 6.45) is 0.543. The van der Waals surface area contributed by atoms with Crippen molar-refractivity contribution in [2.24, 2.45) is 0 Å². The number of ether oxygens (including phenoxy) is 1. The van der Waals surface area contributed by atoms with Crippen LogP contribution in [-0.4, -0.2) is 48.9 Å². The van der Waals surface area contributed by atoms with E-state index in [4.69, 9.17) is 4.74 Å². The van der Waals surface area contributed by atoms with Crippen molar-refractivity contribution in [1.82, 2.24) is 9.29 Å². The van der Waals surface area contributed by atoms with E-state index in [1.165, 1.54) is 39.9 Å². The molecule has 1 amide bonds. The van der Waals surface area contributed by atoms with Gasteiger partial charge in [0.1, 0.15) is 0 Å². The van der Waals surface area contributed by atoms with Crippen LogP contribution in [0.1, 0.15) is 36.7 Å². The molecule has 164 valence electrons. The summed E-state index contributed by atoms with van der Waals surface area (Å²) in [5.41, 5.74) is 2.41. The van der Waals surface area contributed by atoms with E-state index in [9.17, 15) is 13.2 Å². The number of hydrogen-bond donors (Lipinski definition) is 1. The average Bonchev–Trinajstić information content (AvgIpc) is 3.15. The van der Waals surface area contributed by atoms with Gasteiger partial charge in [0.25, 0.3) is 5.91 Å². The molecule has 1 aliphatic rings. The molecule has 3 aromatic rings. The number of aryl methyl sites for hydroxylation is 1. The molecular formula is C22H25N3O4S2. The molecule has 0 radical (unpaired) electrons. The van der Waals surface area contributed by atoms with E-state index in [0.717, 1.165) is 22.2 Å². The zero-order valence-electron chi connectivity index (χ0n) is 17.7. The fraction of sp³-hybridized carbons (Fsp3) is 0.364. The Labute approximate surface area is 186 Å². The van der Waals surface area contributed by atoms with Crippen LogP contribution in [0.15, 0.2) is 47.4 Å². The number of fused-ring (bicyclic) bond motifs is 1. The van der Waals surface area contributed by atoms with Crippen molar-refractivity contribution >= 4 is 42.6 Å². The Morgan fingerprint density at radius 1 is 1.16 bits per heavy atom. The molecule has 0 unspecified atom stereocenters. The van der Waals surface area contributed by atoms with Crippen LogP contribution in [0.3, 0.4) is 0 Å². The van der Waals surface area contributed by atoms with Crippen LogP contribution in [0, 0.1) is 0 Å². The summed E-state index contributed by atoms with van der Waals surface area (Å²) >= 11 is 1.42. The van der Waals surface area contributed by atoms with Crippen molar-refractivity contribution in [2.75, 3.05) is 18.4 Å². The summed E-state index contributed by atoms with van der Waals surface area (Å²) in [5, 5.41) is 3.35. The molecule has 1 fully saturated rings. The monoisotopic (exact) mass is 459 g/mol. The Morgan fingerprint density at radius 3 is 2.48 bits per heavy atom. The first kappa shape index (κ1) is 21.9. The molecule has 31 heavy (non-hydrogen) atoms. The van der Waals surface area contributed by atoms with E-state index < -0.39 is 10.0 Å². The zero-order chi connectivity index (χ0) is 22.2. The first-order valence-corrected chi connectivity index (χ1v) is 12.5. The lowest BCUT2D eigenvalue weighted by molar-refractivity contribution is -0.0440. The SMILES string of the molecule is CCc1cccc2sc(NC(=O)c3ccc(S(=O)(=O)N4C[C@H](C)O[C@@H](C)C4)cc3)nc12. The number of hydrogen-bond acceptors (Lipinski definition) is 6. The summed E-state index contributed by atoms with van der Waals surface area (Å²) in [4.78, 5) is 17.4. The third-order valence-corrected chi connectivity index (χ3v) is 8.03. The van der Waals surface area contributed by atoms with Crippen molar-refractivity contribution < 1.29 is 17.9 Å². The first-order chi connectivity index (χ1) is 14.8. The normalized spacial score (nSPS) is 20.1. The minimum absolute atomic E-state index is 0.161. The largest absolute Gasteiger partial charge is 0.373 e. The number of sulfonamides is 1. The second-order valence-corrected chi connectivity index (χ2v) is 10.7. The lowest BCUT2D eigenvalue weighted by atomic mass is 10.1. The van der Waals surface area contributed by atoms with Gasteiger partial charge in [0.05, 0.1) is 27.3 Å². The molecule has 0 bridgehead atoms. The highest BCUT2D eigenvalue weighted by Gasteiger charge is 2.32. The maximum Gasteiger partial charge on any atom is 0.257 e. The van der Waals surface area contributed by atoms with Gasteiger partial charge in [-0.1, -0.05) is 30.4 Å². The molecule has 4 rings (SSSR count). The van der Waals surface area contributed by atoms with E-state index in [1.807, 2.05) is 32.0 Å². The molecule has 0 saturated carbocycles. The number of carbonyl (C=O) groups is 1. The number of aromatic nitrogens is 1. The smallest absolute Gasteiger partial charge is 0.257 e. The molecule has 1 N–H and O–H groups in total. The molecule has 0 spiro atoms. The molecular weight excluding hydrogens is 434 g/mol. The van der Waals surface area contributed by atoms with Gasteiger partial charge in [-0.2, -0.15) is 4.31 Å². The van der Waals surface area contributed by atoms with Gasteiger partial charge in [-0.25, -0.2) is 13.4 Å². The maximum absolute atomic E-state index is 13.0. The van der Waals surface area contributed by atoms with Gasteiger partial charge in [-0.15, -0.1) is 0 Å². The van der Waals surface area contributed by atoms with E-state index in [2.05, 4.69) is 17.2 Å². The molecule has 0 aliphatic carbocycles. The molecule has 2 atom stereocenters. The maximum atomic E-state index is 13.0. The number of nitrogens with one attached hydrogen (secondary N) is 1. The standard InChI is InChI=1S/C22H25N3O4S2/c1-4-16-6-5-7-19-20(16)23-22(30-19)24-21(26)17-8-10-18(11-9-17)31(27,28)25-12-14(2)29-15(3)13-25/h5-11,14-15H,4,12-13H2,1-3H3,(H,23,24,26)/t14-,15-/m0/s1. The van der Waals surface area contributed by atoms with Gasteiger partial charge in [0, 0.05) is 18.7 Å². The molecule has 1 aliphatic heterocycles. The fourth-order valence-corrected chi connectivity index (χ4v) is 6.27. The van der Waals surface area contributed by atoms with Crippen molar-refractivity contribution in [3.05, 3.63) is 53.6 Å². The van der Waals surface area contributed by atoms with Crippen molar-refractivity contribution in [1.29, 1.82) is 0 Å². The number of benzene rings is 2. The lowest BCUT2D eigenvalue weighted by Crippen LogP contribution is -2.48. The second-order valence-electron chi connectivity index (χ2n) is 7.69. The molecule has 1 aromatic heterocycles. The van der Waals surface area contributed by atoms with E-state index in [1.54, 1.807) is 0 Å². The first-order valence-electron chi connectivity index (χ1n) is 10.2. The molecule has 7 nitrogen and oxygen atoms in total. The highest BCUT2D eigenvalue weighted by Crippen LogP contribution is 2.29. The number of amides is 1. The summed E-state index contributed by atoms with van der Waals surface area (Å²) in [6.45, 7) is 6.41. The fourth-order valence-electron chi connectivity index (χ4n) is 3.77. The van der Waals surface area contributed by atoms with Crippen LogP contribution in [0.5, 0.6) is 0 Å². The number of para-hydroxylation sites is 1. The second kappa shape index (κ2) is 8.66. The topological polar surface area (TPSA) is 88.6 Å². The van der Waals surface area contributed by atoms with E-state index in [0.29, 0.717) is 23.8 Å². The minimum atomic E-state index is -3.64. The molecule has 1 saturated heterocycles. The highest BCUT2D eigenvalue weighted by atomic mass is 32.2. The average molecular weight is 460 g/mol. The third-order valence-electron chi connectivity index (χ3n) is 5.24. The Balaban J connectivity index is 1.51. The van der Waals surface area contributed by atoms with Crippen LogP contribution in [0.4, 0.5) is 5.13 Å². The van der Waals surface area contributed by atoms with Gasteiger partial charge in [0.15, 0.2) is 5.13 Å². The predicted octanol–water partition coefficient (Wildman–Crippen LogP) is 3.91. The Morgan fingerprint density at radius 2 is 1.84 bits per heavy atom. The predicted molar refractivity (Wildman–Crippen MR) is 122 cm³/mol. The molecule has 2 aromatic carbocycles. The Bertz CT molecular complexity index is 1200. The summed E-state index contributed by atoms with van der Waals surface area (Å²) < 4.78 is 34.0.